The first-order valence-electron chi connectivity index (χ1n) is 8.11. The third-order valence-corrected chi connectivity index (χ3v) is 4.66. The summed E-state index contributed by atoms with van der Waals surface area (Å²) < 4.78 is 18.1. The fourth-order valence-electron chi connectivity index (χ4n) is 3.07. The van der Waals surface area contributed by atoms with Crippen molar-refractivity contribution < 1.29 is 18.7 Å². The van der Waals surface area contributed by atoms with Crippen LogP contribution in [0, 0.1) is 5.82 Å². The number of ether oxygens (including phenoxy) is 1. The van der Waals surface area contributed by atoms with Crippen LogP contribution in [0.15, 0.2) is 42.5 Å². The van der Waals surface area contributed by atoms with E-state index < -0.39 is 11.9 Å². The number of hydrogen-bond donors (Lipinski definition) is 1. The lowest BCUT2D eigenvalue weighted by Crippen LogP contribution is -2.49. The Balaban J connectivity index is 1.74. The molecule has 0 unspecified atom stereocenters. The first-order valence-corrected chi connectivity index (χ1v) is 8.49. The van der Waals surface area contributed by atoms with Gasteiger partial charge in [0.05, 0.1) is 18.7 Å². The Morgan fingerprint density at radius 2 is 2.00 bits per heavy atom. The van der Waals surface area contributed by atoms with Gasteiger partial charge in [-0.1, -0.05) is 35.9 Å². The Morgan fingerprint density at radius 3 is 2.69 bits per heavy atom. The number of nitrogens with one attached hydrogen (secondary N) is 1. The van der Waals surface area contributed by atoms with Crippen LogP contribution >= 0.6 is 11.6 Å². The number of hydrogen-bond acceptors (Lipinski definition) is 4. The van der Waals surface area contributed by atoms with Crippen molar-refractivity contribution in [3.8, 4) is 0 Å². The van der Waals surface area contributed by atoms with Crippen LogP contribution < -0.4 is 5.32 Å². The zero-order valence-electron chi connectivity index (χ0n) is 14.2. The first-order chi connectivity index (χ1) is 12.5. The minimum absolute atomic E-state index is 0.00307. The number of carbonyl (C=O) groups is 2. The summed E-state index contributed by atoms with van der Waals surface area (Å²) in [6.07, 6.45) is 0.485. The summed E-state index contributed by atoms with van der Waals surface area (Å²) in [7, 11) is 1.33. The summed E-state index contributed by atoms with van der Waals surface area (Å²) >= 11 is 5.73. The van der Waals surface area contributed by atoms with Gasteiger partial charge in [-0.2, -0.15) is 0 Å². The van der Waals surface area contributed by atoms with Crippen LogP contribution in [0.25, 0.3) is 0 Å². The maximum Gasteiger partial charge on any atom is 0.323 e. The highest BCUT2D eigenvalue weighted by Gasteiger charge is 2.33. The largest absolute Gasteiger partial charge is 0.468 e. The molecule has 2 aromatic rings. The van der Waals surface area contributed by atoms with Gasteiger partial charge in [-0.25, -0.2) is 4.39 Å². The number of carbonyl (C=O) groups excluding carboxylic acids is 2. The maximum atomic E-state index is 13.2. The maximum absolute atomic E-state index is 13.2. The number of esters is 1. The summed E-state index contributed by atoms with van der Waals surface area (Å²) in [5.74, 6) is -1.25. The van der Waals surface area contributed by atoms with Crippen LogP contribution in [0.2, 0.25) is 5.02 Å². The second-order valence-corrected chi connectivity index (χ2v) is 6.50. The van der Waals surface area contributed by atoms with Gasteiger partial charge >= 0.3 is 5.97 Å². The first kappa shape index (κ1) is 18.4. The summed E-state index contributed by atoms with van der Waals surface area (Å²) in [6.45, 7) is 0.469. The molecule has 2 aromatic carbocycles. The average Bonchev–Trinajstić information content (AvgIpc) is 2.63. The number of nitrogens with zero attached hydrogens (tertiary/aromatic N) is 1. The predicted octanol–water partition coefficient (Wildman–Crippen LogP) is 3.02. The van der Waals surface area contributed by atoms with Gasteiger partial charge in [0.2, 0.25) is 5.91 Å². The zero-order valence-corrected chi connectivity index (χ0v) is 14.9. The van der Waals surface area contributed by atoms with E-state index in [9.17, 15) is 14.0 Å². The highest BCUT2D eigenvalue weighted by atomic mass is 35.5. The summed E-state index contributed by atoms with van der Waals surface area (Å²) in [5, 5.41) is 2.61. The molecule has 0 aromatic heterocycles. The van der Waals surface area contributed by atoms with Crippen molar-refractivity contribution in [2.75, 3.05) is 19.0 Å². The Kier molecular flexibility index (Phi) is 5.54. The monoisotopic (exact) mass is 376 g/mol. The van der Waals surface area contributed by atoms with E-state index in [1.165, 1.54) is 25.3 Å². The average molecular weight is 377 g/mol. The molecule has 0 spiro atoms. The molecule has 5 nitrogen and oxygen atoms in total. The number of rotatable bonds is 4. The Labute approximate surface area is 155 Å². The van der Waals surface area contributed by atoms with Gasteiger partial charge in [0.15, 0.2) is 0 Å². The molecule has 26 heavy (non-hydrogen) atoms. The van der Waals surface area contributed by atoms with E-state index in [4.69, 9.17) is 16.3 Å². The van der Waals surface area contributed by atoms with Crippen molar-refractivity contribution in [3.63, 3.8) is 0 Å². The van der Waals surface area contributed by atoms with Crippen molar-refractivity contribution in [2.45, 2.75) is 19.0 Å². The summed E-state index contributed by atoms with van der Waals surface area (Å²) in [6, 6.07) is 11.2. The van der Waals surface area contributed by atoms with Crippen LogP contribution in [0.4, 0.5) is 10.1 Å². The second kappa shape index (κ2) is 7.85. The molecule has 3 rings (SSSR count). The Bertz CT molecular complexity index is 843. The molecule has 0 fully saturated rings. The van der Waals surface area contributed by atoms with E-state index >= 15 is 0 Å². The van der Waals surface area contributed by atoms with Crippen molar-refractivity contribution in [1.82, 2.24) is 4.90 Å². The van der Waals surface area contributed by atoms with Crippen molar-refractivity contribution >= 4 is 29.2 Å². The smallest absolute Gasteiger partial charge is 0.323 e. The minimum Gasteiger partial charge on any atom is -0.468 e. The SMILES string of the molecule is COC(=O)[C@H]1Cc2ccccc2CN1CC(=O)Nc1ccc(F)c(Cl)c1. The van der Waals surface area contributed by atoms with E-state index in [1.54, 1.807) is 4.90 Å². The molecule has 0 radical (unpaired) electrons. The molecular formula is C19H18ClFN2O3. The van der Waals surface area contributed by atoms with Gasteiger partial charge in [0.1, 0.15) is 11.9 Å². The van der Waals surface area contributed by atoms with Crippen LogP contribution in [0.5, 0.6) is 0 Å². The second-order valence-electron chi connectivity index (χ2n) is 6.09. The lowest BCUT2D eigenvalue weighted by Gasteiger charge is -2.34. The van der Waals surface area contributed by atoms with Crippen LogP contribution in [-0.2, 0) is 27.3 Å². The normalized spacial score (nSPS) is 16.7. The Hall–Kier alpha value is -2.44. The van der Waals surface area contributed by atoms with Gasteiger partial charge in [-0.15, -0.1) is 0 Å². The van der Waals surface area contributed by atoms with Crippen LogP contribution in [-0.4, -0.2) is 36.5 Å². The molecule has 1 aliphatic rings. The third-order valence-electron chi connectivity index (χ3n) is 4.37. The number of benzene rings is 2. The van der Waals surface area contributed by atoms with Gasteiger partial charge in [-0.3, -0.25) is 14.5 Å². The zero-order chi connectivity index (χ0) is 18.7. The standard InChI is InChI=1S/C19H18ClFN2O3/c1-26-19(25)17-8-12-4-2-3-5-13(12)10-23(17)11-18(24)22-14-6-7-16(21)15(20)9-14/h2-7,9,17H,8,10-11H2,1H3,(H,22,24)/t17-/m1/s1. The number of amides is 1. The molecule has 0 saturated heterocycles. The highest BCUT2D eigenvalue weighted by Crippen LogP contribution is 2.24. The Morgan fingerprint density at radius 1 is 1.27 bits per heavy atom. The van der Waals surface area contributed by atoms with E-state index in [1.807, 2.05) is 24.3 Å². The predicted molar refractivity (Wildman–Crippen MR) is 96.4 cm³/mol. The fraction of sp³-hybridized carbons (Fsp3) is 0.263. The fourth-order valence-corrected chi connectivity index (χ4v) is 3.25. The quantitative estimate of drug-likeness (QED) is 0.833. The lowest BCUT2D eigenvalue weighted by molar-refractivity contribution is -0.148. The molecule has 136 valence electrons. The van der Waals surface area contributed by atoms with E-state index in [0.717, 1.165) is 11.1 Å². The number of anilines is 1. The van der Waals surface area contributed by atoms with Gasteiger partial charge in [0, 0.05) is 12.2 Å². The van der Waals surface area contributed by atoms with Gasteiger partial charge < -0.3 is 10.1 Å². The number of methoxy groups -OCH3 is 1. The molecule has 0 bridgehead atoms. The van der Waals surface area contributed by atoms with E-state index in [-0.39, 0.29) is 23.4 Å². The molecule has 1 atom stereocenters. The summed E-state index contributed by atoms with van der Waals surface area (Å²) in [5.41, 5.74) is 2.54. The van der Waals surface area contributed by atoms with Crippen LogP contribution in [0.1, 0.15) is 11.1 Å². The molecular weight excluding hydrogens is 359 g/mol. The van der Waals surface area contributed by atoms with Gasteiger partial charge in [-0.05, 0) is 35.7 Å². The molecule has 7 heteroatoms. The van der Waals surface area contributed by atoms with Crippen molar-refractivity contribution in [1.29, 1.82) is 0 Å². The van der Waals surface area contributed by atoms with E-state index in [0.29, 0.717) is 18.7 Å². The van der Waals surface area contributed by atoms with Crippen molar-refractivity contribution in [2.24, 2.45) is 0 Å². The molecule has 1 amide bonds. The van der Waals surface area contributed by atoms with Crippen molar-refractivity contribution in [3.05, 3.63) is 64.4 Å². The van der Waals surface area contributed by atoms with E-state index in [2.05, 4.69) is 5.32 Å². The molecule has 1 N–H and O–H groups in total. The molecule has 1 heterocycles. The molecule has 0 aliphatic carbocycles. The topological polar surface area (TPSA) is 58.6 Å². The summed E-state index contributed by atoms with van der Waals surface area (Å²) in [4.78, 5) is 26.3. The molecule has 1 aliphatic heterocycles. The number of fused-ring (bicyclic) bond motifs is 1. The third kappa shape index (κ3) is 4.03. The lowest BCUT2D eigenvalue weighted by atomic mass is 9.94. The van der Waals surface area contributed by atoms with Crippen LogP contribution in [0.3, 0.4) is 0 Å². The number of halogens is 2. The van der Waals surface area contributed by atoms with Gasteiger partial charge in [0.25, 0.3) is 0 Å². The minimum atomic E-state index is -0.553. The molecule has 0 saturated carbocycles. The highest BCUT2D eigenvalue weighted by molar-refractivity contribution is 6.31.